The molecule has 1 amide bonds. The lowest BCUT2D eigenvalue weighted by Gasteiger charge is -2.22. The first-order valence-corrected chi connectivity index (χ1v) is 12.1. The number of benzene rings is 2. The first-order chi connectivity index (χ1) is 18.1. The number of carbonyl (C=O) groups excluding carboxylic acids is 2. The molecule has 38 heavy (non-hydrogen) atoms. The summed E-state index contributed by atoms with van der Waals surface area (Å²) in [6.07, 6.45) is 4.00. The van der Waals surface area contributed by atoms with E-state index in [0.717, 1.165) is 0 Å². The van der Waals surface area contributed by atoms with Gasteiger partial charge in [-0.2, -0.15) is 0 Å². The summed E-state index contributed by atoms with van der Waals surface area (Å²) in [5.74, 6) is -0.466. The largest absolute Gasteiger partial charge is 0.485 e. The Hall–Kier alpha value is -4.40. The fourth-order valence-electron chi connectivity index (χ4n) is 3.26. The highest BCUT2D eigenvalue weighted by Gasteiger charge is 2.26. The molecule has 0 aliphatic rings. The second kappa shape index (κ2) is 14.4. The van der Waals surface area contributed by atoms with E-state index in [1.165, 1.54) is 30.4 Å². The molecule has 0 aromatic heterocycles. The van der Waals surface area contributed by atoms with Gasteiger partial charge in [0.05, 0.1) is 29.1 Å². The average molecular weight is 525 g/mol. The molecule has 3 N–H and O–H groups in total. The average Bonchev–Trinajstić information content (AvgIpc) is 2.86. The van der Waals surface area contributed by atoms with Crippen molar-refractivity contribution >= 4 is 23.3 Å². The number of amides is 1. The van der Waals surface area contributed by atoms with Crippen molar-refractivity contribution in [1.29, 1.82) is 0 Å². The fourth-order valence-corrected chi connectivity index (χ4v) is 3.26. The van der Waals surface area contributed by atoms with Gasteiger partial charge < -0.3 is 34.7 Å². The predicted molar refractivity (Wildman–Crippen MR) is 149 cm³/mol. The molecule has 0 spiro atoms. The van der Waals surface area contributed by atoms with Crippen LogP contribution in [-0.2, 0) is 4.74 Å². The third-order valence-electron chi connectivity index (χ3n) is 4.70. The lowest BCUT2D eigenvalue weighted by molar-refractivity contribution is 0.0544. The Kier molecular flexibility index (Phi) is 11.3. The van der Waals surface area contributed by atoms with Gasteiger partial charge in [0.15, 0.2) is 23.0 Å². The van der Waals surface area contributed by atoms with Crippen LogP contribution in [0.1, 0.15) is 48.4 Å². The highest BCUT2D eigenvalue weighted by Crippen LogP contribution is 2.42. The Morgan fingerprint density at radius 1 is 0.789 bits per heavy atom. The summed E-state index contributed by atoms with van der Waals surface area (Å²) in [5.41, 5.74) is 7.01. The number of ether oxygens (including phenoxy) is 5. The van der Waals surface area contributed by atoms with Crippen molar-refractivity contribution in [3.63, 3.8) is 0 Å². The summed E-state index contributed by atoms with van der Waals surface area (Å²) in [4.78, 5) is 26.3. The van der Waals surface area contributed by atoms with Crippen LogP contribution in [0.4, 0.5) is 11.4 Å². The Labute approximate surface area is 223 Å². The zero-order valence-corrected chi connectivity index (χ0v) is 22.4. The van der Waals surface area contributed by atoms with Crippen LogP contribution < -0.4 is 30.0 Å². The van der Waals surface area contributed by atoms with Gasteiger partial charge in [-0.25, -0.2) is 4.79 Å². The molecule has 0 saturated heterocycles. The minimum atomic E-state index is -0.635. The standard InChI is InChI=1S/C29H36N2O7/c1-8-15-34-24-20(11-13-22(30)26(24)37-18(4)5)28(32)31-23-14-12-21(29(33)36-17-10-3)25(35-16-9-2)27(23)38-19(6)7/h8-14,18-19H,1-3,15-17,30H2,4-7H3,(H,31,32). The van der Waals surface area contributed by atoms with Crippen LogP contribution >= 0.6 is 0 Å². The molecule has 0 aliphatic heterocycles. The van der Waals surface area contributed by atoms with Crippen LogP contribution in [0.3, 0.4) is 0 Å². The van der Waals surface area contributed by atoms with Crippen LogP contribution in [0, 0.1) is 0 Å². The number of anilines is 2. The van der Waals surface area contributed by atoms with Gasteiger partial charge in [0.25, 0.3) is 5.91 Å². The van der Waals surface area contributed by atoms with E-state index in [1.807, 2.05) is 27.7 Å². The van der Waals surface area contributed by atoms with E-state index in [1.54, 1.807) is 12.1 Å². The SMILES string of the molecule is C=CCOC(=O)c1ccc(NC(=O)c2ccc(N)c(OC(C)C)c2OCC=C)c(OC(C)C)c1OCC=C. The van der Waals surface area contributed by atoms with E-state index in [2.05, 4.69) is 25.1 Å². The molecule has 0 radical (unpaired) electrons. The lowest BCUT2D eigenvalue weighted by Crippen LogP contribution is -2.19. The first kappa shape index (κ1) is 29.8. The summed E-state index contributed by atoms with van der Waals surface area (Å²) >= 11 is 0. The molecule has 204 valence electrons. The van der Waals surface area contributed by atoms with Crippen molar-refractivity contribution in [2.24, 2.45) is 0 Å². The quantitative estimate of drug-likeness (QED) is 0.176. The Morgan fingerprint density at radius 2 is 1.32 bits per heavy atom. The zero-order valence-electron chi connectivity index (χ0n) is 22.4. The maximum absolute atomic E-state index is 13.5. The highest BCUT2D eigenvalue weighted by atomic mass is 16.5. The minimum Gasteiger partial charge on any atom is -0.485 e. The van der Waals surface area contributed by atoms with Crippen molar-refractivity contribution in [3.05, 3.63) is 73.4 Å². The molecule has 0 fully saturated rings. The van der Waals surface area contributed by atoms with Gasteiger partial charge in [-0.1, -0.05) is 38.0 Å². The van der Waals surface area contributed by atoms with Gasteiger partial charge in [-0.3, -0.25) is 4.79 Å². The van der Waals surface area contributed by atoms with Gasteiger partial charge in [-0.05, 0) is 52.0 Å². The molecule has 0 saturated carbocycles. The van der Waals surface area contributed by atoms with Crippen molar-refractivity contribution in [3.8, 4) is 23.0 Å². The van der Waals surface area contributed by atoms with Crippen molar-refractivity contribution < 1.29 is 33.3 Å². The van der Waals surface area contributed by atoms with E-state index < -0.39 is 11.9 Å². The third-order valence-corrected chi connectivity index (χ3v) is 4.70. The molecular formula is C29H36N2O7. The molecule has 2 aromatic rings. The summed E-state index contributed by atoms with van der Waals surface area (Å²) in [6.45, 7) is 18.4. The summed E-state index contributed by atoms with van der Waals surface area (Å²) in [6, 6.07) is 6.12. The number of nitrogen functional groups attached to an aromatic ring is 1. The van der Waals surface area contributed by atoms with Crippen LogP contribution in [0.25, 0.3) is 0 Å². The topological polar surface area (TPSA) is 118 Å². The molecule has 2 rings (SSSR count). The summed E-state index contributed by atoms with van der Waals surface area (Å²) in [5, 5.41) is 2.83. The van der Waals surface area contributed by atoms with Crippen molar-refractivity contribution in [1.82, 2.24) is 0 Å². The maximum Gasteiger partial charge on any atom is 0.342 e. The monoisotopic (exact) mass is 524 g/mol. The summed E-state index contributed by atoms with van der Waals surface area (Å²) < 4.78 is 28.7. The van der Waals surface area contributed by atoms with Gasteiger partial charge >= 0.3 is 5.97 Å². The highest BCUT2D eigenvalue weighted by molar-refractivity contribution is 6.08. The van der Waals surface area contributed by atoms with Crippen LogP contribution in [0.15, 0.2) is 62.2 Å². The van der Waals surface area contributed by atoms with E-state index in [0.29, 0.717) is 5.69 Å². The minimum absolute atomic E-state index is 0.0179. The van der Waals surface area contributed by atoms with E-state index in [4.69, 9.17) is 29.4 Å². The number of nitrogens with one attached hydrogen (secondary N) is 1. The van der Waals surface area contributed by atoms with E-state index in [-0.39, 0.29) is 71.8 Å². The third kappa shape index (κ3) is 7.80. The molecule has 2 aromatic carbocycles. The number of esters is 1. The zero-order chi connectivity index (χ0) is 28.2. The molecule has 9 heteroatoms. The molecule has 0 aliphatic carbocycles. The van der Waals surface area contributed by atoms with Crippen LogP contribution in [0.2, 0.25) is 0 Å². The van der Waals surface area contributed by atoms with Crippen molar-refractivity contribution in [2.45, 2.75) is 39.9 Å². The number of nitrogens with two attached hydrogens (primary N) is 1. The van der Waals surface area contributed by atoms with E-state index >= 15 is 0 Å². The molecule has 0 heterocycles. The van der Waals surface area contributed by atoms with Crippen LogP contribution in [0.5, 0.6) is 23.0 Å². The second-order valence-electron chi connectivity index (χ2n) is 8.55. The molecule has 0 atom stereocenters. The summed E-state index contributed by atoms with van der Waals surface area (Å²) in [7, 11) is 0. The molecular weight excluding hydrogens is 488 g/mol. The lowest BCUT2D eigenvalue weighted by atomic mass is 10.1. The number of hydrogen-bond donors (Lipinski definition) is 2. The van der Waals surface area contributed by atoms with Crippen LogP contribution in [-0.4, -0.2) is 43.9 Å². The maximum atomic E-state index is 13.5. The molecule has 9 nitrogen and oxygen atoms in total. The number of rotatable bonds is 15. The van der Waals surface area contributed by atoms with Crippen molar-refractivity contribution in [2.75, 3.05) is 30.9 Å². The van der Waals surface area contributed by atoms with Gasteiger partial charge in [0.1, 0.15) is 25.4 Å². The second-order valence-corrected chi connectivity index (χ2v) is 8.55. The smallest absolute Gasteiger partial charge is 0.342 e. The van der Waals surface area contributed by atoms with E-state index in [9.17, 15) is 9.59 Å². The Bertz CT molecular complexity index is 1170. The Balaban J connectivity index is 2.62. The first-order valence-electron chi connectivity index (χ1n) is 12.1. The fraction of sp³-hybridized carbons (Fsp3) is 0.310. The number of hydrogen-bond acceptors (Lipinski definition) is 8. The van der Waals surface area contributed by atoms with Gasteiger partial charge in [0.2, 0.25) is 0 Å². The normalized spacial score (nSPS) is 10.5. The van der Waals surface area contributed by atoms with Gasteiger partial charge in [0, 0.05) is 0 Å². The predicted octanol–water partition coefficient (Wildman–Crippen LogP) is 5.57. The Morgan fingerprint density at radius 3 is 1.87 bits per heavy atom. The number of carbonyl (C=O) groups is 2. The molecule has 0 bridgehead atoms. The molecule has 0 unspecified atom stereocenters. The van der Waals surface area contributed by atoms with Gasteiger partial charge in [-0.15, -0.1) is 0 Å².